The first-order valence-corrected chi connectivity index (χ1v) is 5.06. The van der Waals surface area contributed by atoms with Gasteiger partial charge in [0.05, 0.1) is 18.2 Å². The van der Waals surface area contributed by atoms with Crippen LogP contribution >= 0.6 is 0 Å². The van der Waals surface area contributed by atoms with Gasteiger partial charge < -0.3 is 15.8 Å². The van der Waals surface area contributed by atoms with Crippen molar-refractivity contribution in [1.82, 2.24) is 5.32 Å². The van der Waals surface area contributed by atoms with E-state index in [1.165, 1.54) is 0 Å². The van der Waals surface area contributed by atoms with Gasteiger partial charge in [-0.25, -0.2) is 0 Å². The van der Waals surface area contributed by atoms with Crippen molar-refractivity contribution in [2.45, 2.75) is 45.2 Å². The summed E-state index contributed by atoms with van der Waals surface area (Å²) in [4.78, 5) is 11.6. The smallest absolute Gasteiger partial charge is 0.240 e. The second kappa shape index (κ2) is 5.98. The first kappa shape index (κ1) is 13.4. The molecule has 2 unspecified atom stereocenters. The molecule has 3 N–H and O–H groups in total. The minimum Gasteiger partial charge on any atom is -0.383 e. The molecule has 4 nitrogen and oxygen atoms in total. The van der Waals surface area contributed by atoms with E-state index in [-0.39, 0.29) is 11.9 Å². The maximum absolute atomic E-state index is 11.6. The molecule has 0 aromatic rings. The van der Waals surface area contributed by atoms with Gasteiger partial charge in [0.15, 0.2) is 0 Å². The zero-order chi connectivity index (χ0) is 11.2. The van der Waals surface area contributed by atoms with Crippen LogP contribution in [0.15, 0.2) is 0 Å². The number of hydrogen-bond acceptors (Lipinski definition) is 3. The first-order valence-electron chi connectivity index (χ1n) is 5.06. The Kier molecular flexibility index (Phi) is 5.72. The van der Waals surface area contributed by atoms with Gasteiger partial charge in [0.25, 0.3) is 0 Å². The average molecular weight is 202 g/mol. The predicted molar refractivity (Wildman–Crippen MR) is 57.0 cm³/mol. The van der Waals surface area contributed by atoms with Crippen LogP contribution < -0.4 is 11.1 Å². The number of rotatable bonds is 6. The minimum absolute atomic E-state index is 0.0573. The number of carbonyl (C=O) groups excluding carboxylic acids is 1. The van der Waals surface area contributed by atoms with Crippen LogP contribution in [0.1, 0.15) is 33.6 Å². The van der Waals surface area contributed by atoms with Crippen molar-refractivity contribution in [2.75, 3.05) is 13.7 Å². The highest BCUT2D eigenvalue weighted by Crippen LogP contribution is 2.05. The minimum atomic E-state index is -0.777. The zero-order valence-electron chi connectivity index (χ0n) is 9.59. The second-order valence-corrected chi connectivity index (χ2v) is 3.80. The van der Waals surface area contributed by atoms with E-state index in [1.807, 2.05) is 13.8 Å². The molecule has 1 amide bonds. The summed E-state index contributed by atoms with van der Waals surface area (Å²) in [5.74, 6) is -0.107. The lowest BCUT2D eigenvalue weighted by molar-refractivity contribution is -0.127. The third kappa shape index (κ3) is 4.07. The van der Waals surface area contributed by atoms with E-state index in [9.17, 15) is 4.79 Å². The summed E-state index contributed by atoms with van der Waals surface area (Å²) >= 11 is 0. The summed E-state index contributed by atoms with van der Waals surface area (Å²) in [6.45, 7) is 6.17. The molecule has 0 rings (SSSR count). The van der Waals surface area contributed by atoms with Crippen LogP contribution in [-0.4, -0.2) is 31.2 Å². The summed E-state index contributed by atoms with van der Waals surface area (Å²) in [6, 6.07) is 0.0573. The van der Waals surface area contributed by atoms with Crippen molar-refractivity contribution in [3.05, 3.63) is 0 Å². The Morgan fingerprint density at radius 3 is 2.50 bits per heavy atom. The number of hydrogen-bond donors (Lipinski definition) is 2. The van der Waals surface area contributed by atoms with Crippen LogP contribution in [0.3, 0.4) is 0 Å². The summed E-state index contributed by atoms with van der Waals surface area (Å²) in [5, 5.41) is 2.87. The Bertz CT molecular complexity index is 181. The van der Waals surface area contributed by atoms with Crippen molar-refractivity contribution in [1.29, 1.82) is 0 Å². The molecule has 84 valence electrons. The lowest BCUT2D eigenvalue weighted by Crippen LogP contribution is -2.54. The van der Waals surface area contributed by atoms with E-state index >= 15 is 0 Å². The molecular weight excluding hydrogens is 180 g/mol. The molecule has 0 saturated carbocycles. The summed E-state index contributed by atoms with van der Waals surface area (Å²) in [6.07, 6.45) is 1.47. The zero-order valence-corrected chi connectivity index (χ0v) is 9.59. The van der Waals surface area contributed by atoms with Gasteiger partial charge in [-0.15, -0.1) is 0 Å². The Balaban J connectivity index is 4.15. The van der Waals surface area contributed by atoms with Gasteiger partial charge in [-0.3, -0.25) is 4.79 Å². The van der Waals surface area contributed by atoms with E-state index in [2.05, 4.69) is 5.32 Å². The number of nitrogens with two attached hydrogens (primary N) is 1. The molecule has 4 heteroatoms. The fourth-order valence-corrected chi connectivity index (χ4v) is 0.974. The quantitative estimate of drug-likeness (QED) is 0.665. The van der Waals surface area contributed by atoms with Gasteiger partial charge >= 0.3 is 0 Å². The Labute approximate surface area is 86.2 Å². The van der Waals surface area contributed by atoms with Crippen LogP contribution in [0.5, 0.6) is 0 Å². The van der Waals surface area contributed by atoms with E-state index < -0.39 is 5.54 Å². The highest BCUT2D eigenvalue weighted by molar-refractivity contribution is 5.85. The molecular formula is C10H22N2O2. The van der Waals surface area contributed by atoms with Gasteiger partial charge in [-0.1, -0.05) is 13.8 Å². The van der Waals surface area contributed by atoms with Crippen LogP contribution in [0, 0.1) is 0 Å². The first-order chi connectivity index (χ1) is 6.47. The maximum Gasteiger partial charge on any atom is 0.240 e. The standard InChI is InChI=1S/C10H22N2O2/c1-5-8(7-14-4)12-9(13)10(3,11)6-2/h8H,5-7,11H2,1-4H3,(H,12,13). The predicted octanol–water partition coefficient (Wildman–Crippen LogP) is 0.655. The van der Waals surface area contributed by atoms with Crippen LogP contribution in [0.25, 0.3) is 0 Å². The average Bonchev–Trinajstić information content (AvgIpc) is 2.16. The number of carbonyl (C=O) groups is 1. The topological polar surface area (TPSA) is 64.3 Å². The van der Waals surface area contributed by atoms with Crippen molar-refractivity contribution in [3.8, 4) is 0 Å². The molecule has 0 aromatic heterocycles. The van der Waals surface area contributed by atoms with Gasteiger partial charge in [0.2, 0.25) is 5.91 Å². The molecule has 0 fully saturated rings. The van der Waals surface area contributed by atoms with Gasteiger partial charge in [0, 0.05) is 7.11 Å². The molecule has 0 aliphatic carbocycles. The van der Waals surface area contributed by atoms with E-state index in [4.69, 9.17) is 10.5 Å². The molecule has 0 saturated heterocycles. The summed E-state index contributed by atoms with van der Waals surface area (Å²) in [7, 11) is 1.62. The third-order valence-electron chi connectivity index (χ3n) is 2.45. The summed E-state index contributed by atoms with van der Waals surface area (Å²) in [5.41, 5.74) is 5.03. The van der Waals surface area contributed by atoms with Gasteiger partial charge in [-0.05, 0) is 19.8 Å². The Hall–Kier alpha value is -0.610. The molecule has 0 spiro atoms. The molecule has 0 bridgehead atoms. The fourth-order valence-electron chi connectivity index (χ4n) is 0.974. The largest absolute Gasteiger partial charge is 0.383 e. The molecule has 2 atom stereocenters. The van der Waals surface area contributed by atoms with Crippen molar-refractivity contribution >= 4 is 5.91 Å². The number of methoxy groups -OCH3 is 1. The molecule has 14 heavy (non-hydrogen) atoms. The van der Waals surface area contributed by atoms with Crippen molar-refractivity contribution < 1.29 is 9.53 Å². The summed E-state index contributed by atoms with van der Waals surface area (Å²) < 4.78 is 4.99. The van der Waals surface area contributed by atoms with Crippen LogP contribution in [0.2, 0.25) is 0 Å². The highest BCUT2D eigenvalue weighted by atomic mass is 16.5. The third-order valence-corrected chi connectivity index (χ3v) is 2.45. The van der Waals surface area contributed by atoms with Crippen LogP contribution in [-0.2, 0) is 9.53 Å². The molecule has 0 radical (unpaired) electrons. The molecule has 0 heterocycles. The molecule has 0 aliphatic heterocycles. The van der Waals surface area contributed by atoms with Gasteiger partial charge in [-0.2, -0.15) is 0 Å². The Morgan fingerprint density at radius 1 is 1.57 bits per heavy atom. The lowest BCUT2D eigenvalue weighted by Gasteiger charge is -2.25. The van der Waals surface area contributed by atoms with Gasteiger partial charge in [0.1, 0.15) is 0 Å². The number of nitrogens with one attached hydrogen (secondary N) is 1. The normalized spacial score (nSPS) is 17.2. The van der Waals surface area contributed by atoms with Crippen molar-refractivity contribution in [2.24, 2.45) is 5.73 Å². The maximum atomic E-state index is 11.6. The van der Waals surface area contributed by atoms with E-state index in [0.29, 0.717) is 13.0 Å². The SMILES string of the molecule is CCC(COC)NC(=O)C(C)(N)CC. The fraction of sp³-hybridized carbons (Fsp3) is 0.900. The second-order valence-electron chi connectivity index (χ2n) is 3.80. The molecule has 0 aromatic carbocycles. The number of amides is 1. The highest BCUT2D eigenvalue weighted by Gasteiger charge is 2.27. The van der Waals surface area contributed by atoms with E-state index in [0.717, 1.165) is 6.42 Å². The van der Waals surface area contributed by atoms with Crippen LogP contribution in [0.4, 0.5) is 0 Å². The Morgan fingerprint density at radius 2 is 2.14 bits per heavy atom. The van der Waals surface area contributed by atoms with Crippen molar-refractivity contribution in [3.63, 3.8) is 0 Å². The molecule has 0 aliphatic rings. The van der Waals surface area contributed by atoms with E-state index in [1.54, 1.807) is 14.0 Å². The lowest BCUT2D eigenvalue weighted by atomic mass is 9.99. The monoisotopic (exact) mass is 202 g/mol. The number of ether oxygens (including phenoxy) is 1.